The quantitative estimate of drug-likeness (QED) is 0.255. The van der Waals surface area contributed by atoms with Gasteiger partial charge in [0.1, 0.15) is 29.3 Å². The van der Waals surface area contributed by atoms with Crippen LogP contribution in [-0.4, -0.2) is 57.9 Å². The van der Waals surface area contributed by atoms with Crippen molar-refractivity contribution < 1.29 is 23.0 Å². The molecular formula is C33H36F3N5O2. The van der Waals surface area contributed by atoms with E-state index in [0.717, 1.165) is 16.9 Å². The zero-order chi connectivity index (χ0) is 30.1. The summed E-state index contributed by atoms with van der Waals surface area (Å²) in [5.74, 6) is -0.404. The van der Waals surface area contributed by atoms with Crippen molar-refractivity contribution in [1.82, 2.24) is 14.8 Å². The summed E-state index contributed by atoms with van der Waals surface area (Å²) in [6.45, 7) is 4.95. The minimum Gasteiger partial charge on any atom is -0.489 e. The molecule has 10 heteroatoms. The monoisotopic (exact) mass is 591 g/mol. The first-order valence-electron chi connectivity index (χ1n) is 14.8. The van der Waals surface area contributed by atoms with Gasteiger partial charge in [-0.25, -0.2) is 9.67 Å². The maximum absolute atomic E-state index is 14.6. The summed E-state index contributed by atoms with van der Waals surface area (Å²) in [7, 11) is 0. The third kappa shape index (κ3) is 5.93. The van der Waals surface area contributed by atoms with E-state index >= 15 is 0 Å². The van der Waals surface area contributed by atoms with Gasteiger partial charge in [0.05, 0.1) is 24.1 Å². The molecule has 1 saturated heterocycles. The van der Waals surface area contributed by atoms with Crippen molar-refractivity contribution in [1.29, 1.82) is 0 Å². The topological polar surface area (TPSA) is 75.4 Å². The number of aliphatic hydroxyl groups excluding tert-OH is 1. The van der Waals surface area contributed by atoms with Crippen LogP contribution in [0.3, 0.4) is 0 Å². The Kier molecular flexibility index (Phi) is 8.05. The smallest absolute Gasteiger partial charge is 0.398 e. The number of ether oxygens (including phenoxy) is 1. The molecule has 226 valence electrons. The molecule has 43 heavy (non-hydrogen) atoms. The van der Waals surface area contributed by atoms with Crippen molar-refractivity contribution in [3.63, 3.8) is 0 Å². The highest BCUT2D eigenvalue weighted by atomic mass is 19.4. The lowest BCUT2D eigenvalue weighted by Gasteiger charge is -2.35. The Hall–Kier alpha value is -4.05. The predicted octanol–water partition coefficient (Wildman–Crippen LogP) is 6.52. The lowest BCUT2D eigenvalue weighted by atomic mass is 9.83. The number of hydrogen-bond donors (Lipinski definition) is 2. The van der Waals surface area contributed by atoms with Crippen LogP contribution in [0.15, 0.2) is 79.0 Å². The van der Waals surface area contributed by atoms with E-state index in [9.17, 15) is 18.3 Å². The fourth-order valence-corrected chi connectivity index (χ4v) is 6.36. The van der Waals surface area contributed by atoms with E-state index in [1.807, 2.05) is 86.6 Å². The van der Waals surface area contributed by atoms with Gasteiger partial charge in [0, 0.05) is 31.1 Å². The van der Waals surface area contributed by atoms with Gasteiger partial charge in [-0.3, -0.25) is 0 Å². The number of nitrogens with zero attached hydrogens (tertiary/aromatic N) is 4. The SMILES string of the molecule is CC(C)Oc1ccc(N2CCC(c3nn(C(c4ccccc4)c4ccccc4)c4c3[C@@H](C(F)(F)F)[C@H](O)CN4)CC2)nc1. The number of benzene rings is 2. The highest BCUT2D eigenvalue weighted by molar-refractivity contribution is 5.57. The molecule has 0 spiro atoms. The summed E-state index contributed by atoms with van der Waals surface area (Å²) in [6, 6.07) is 22.7. The van der Waals surface area contributed by atoms with Crippen molar-refractivity contribution in [2.45, 2.75) is 63.0 Å². The summed E-state index contributed by atoms with van der Waals surface area (Å²) >= 11 is 0. The number of β-amino-alcohol motifs (C(OH)–C–C–N with tert-alkyl or cyclic N) is 1. The van der Waals surface area contributed by atoms with Crippen LogP contribution in [-0.2, 0) is 0 Å². The van der Waals surface area contributed by atoms with Gasteiger partial charge in [-0.1, -0.05) is 60.7 Å². The van der Waals surface area contributed by atoms with Crippen LogP contribution in [0.2, 0.25) is 0 Å². The number of rotatable bonds is 7. The molecular weight excluding hydrogens is 555 g/mol. The second kappa shape index (κ2) is 11.9. The number of hydrogen-bond acceptors (Lipinski definition) is 6. The Morgan fingerprint density at radius 3 is 2.09 bits per heavy atom. The number of halogens is 3. The van der Waals surface area contributed by atoms with Crippen molar-refractivity contribution >= 4 is 11.6 Å². The van der Waals surface area contributed by atoms with Gasteiger partial charge in [0.2, 0.25) is 0 Å². The van der Waals surface area contributed by atoms with E-state index in [0.29, 0.717) is 43.2 Å². The molecule has 2 aromatic heterocycles. The summed E-state index contributed by atoms with van der Waals surface area (Å²) in [6.07, 6.45) is -3.27. The van der Waals surface area contributed by atoms with Crippen LogP contribution < -0.4 is 15.0 Å². The van der Waals surface area contributed by atoms with Crippen LogP contribution in [0.25, 0.3) is 0 Å². The van der Waals surface area contributed by atoms with Crippen LogP contribution in [0.4, 0.5) is 24.8 Å². The number of piperidine rings is 1. The molecule has 6 rings (SSSR count). The number of aromatic nitrogens is 3. The first kappa shape index (κ1) is 29.0. The summed E-state index contributed by atoms with van der Waals surface area (Å²) < 4.78 is 51.3. The lowest BCUT2D eigenvalue weighted by Crippen LogP contribution is -2.41. The molecule has 0 saturated carbocycles. The predicted molar refractivity (Wildman–Crippen MR) is 160 cm³/mol. The van der Waals surface area contributed by atoms with Gasteiger partial charge in [-0.15, -0.1) is 0 Å². The second-order valence-electron chi connectivity index (χ2n) is 11.6. The molecule has 0 bridgehead atoms. The summed E-state index contributed by atoms with van der Waals surface area (Å²) in [4.78, 5) is 6.70. The van der Waals surface area contributed by atoms with Crippen molar-refractivity contribution in [3.05, 3.63) is 101 Å². The normalized spacial score (nSPS) is 19.4. The average molecular weight is 592 g/mol. The molecule has 0 amide bonds. The molecule has 0 unspecified atom stereocenters. The van der Waals surface area contributed by atoms with Crippen LogP contribution in [0, 0.1) is 0 Å². The molecule has 0 aliphatic carbocycles. The Morgan fingerprint density at radius 2 is 1.56 bits per heavy atom. The maximum Gasteiger partial charge on any atom is 0.398 e. The molecule has 0 radical (unpaired) electrons. The third-order valence-electron chi connectivity index (χ3n) is 8.28. The van der Waals surface area contributed by atoms with Gasteiger partial charge in [0.15, 0.2) is 0 Å². The van der Waals surface area contributed by atoms with Gasteiger partial charge in [-0.2, -0.15) is 18.3 Å². The fourth-order valence-electron chi connectivity index (χ4n) is 6.36. The first-order chi connectivity index (χ1) is 20.7. The molecule has 4 aromatic rings. The van der Waals surface area contributed by atoms with E-state index in [1.165, 1.54) is 0 Å². The number of fused-ring (bicyclic) bond motifs is 1. The highest BCUT2D eigenvalue weighted by Crippen LogP contribution is 2.49. The maximum atomic E-state index is 14.6. The van der Waals surface area contributed by atoms with E-state index in [1.54, 1.807) is 10.9 Å². The fraction of sp³-hybridized carbons (Fsp3) is 0.394. The molecule has 2 N–H and O–H groups in total. The van der Waals surface area contributed by atoms with Gasteiger partial charge >= 0.3 is 6.18 Å². The van der Waals surface area contributed by atoms with Crippen LogP contribution in [0.5, 0.6) is 5.75 Å². The lowest BCUT2D eigenvalue weighted by molar-refractivity contribution is -0.171. The van der Waals surface area contributed by atoms with E-state index in [2.05, 4.69) is 15.2 Å². The van der Waals surface area contributed by atoms with Crippen molar-refractivity contribution in [2.24, 2.45) is 0 Å². The van der Waals surface area contributed by atoms with Crippen LogP contribution in [0.1, 0.15) is 67.0 Å². The number of pyridine rings is 1. The number of alkyl halides is 3. The molecule has 7 nitrogen and oxygen atoms in total. The summed E-state index contributed by atoms with van der Waals surface area (Å²) in [5.41, 5.74) is 2.30. The molecule has 2 atom stereocenters. The minimum absolute atomic E-state index is 0.0473. The zero-order valence-electron chi connectivity index (χ0n) is 24.2. The highest BCUT2D eigenvalue weighted by Gasteiger charge is 2.52. The molecule has 4 heterocycles. The Labute approximate surface area is 249 Å². The molecule has 1 fully saturated rings. The zero-order valence-corrected chi connectivity index (χ0v) is 24.2. The van der Waals surface area contributed by atoms with Crippen molar-refractivity contribution in [3.8, 4) is 5.75 Å². The summed E-state index contributed by atoms with van der Waals surface area (Å²) in [5, 5.41) is 18.8. The van der Waals surface area contributed by atoms with Crippen molar-refractivity contribution in [2.75, 3.05) is 29.9 Å². The standard InChI is InChI=1S/C33H36F3N5O2/c1-21(2)43-25-13-14-27(37-19-25)40-17-15-22(16-18-40)30-28-29(33(34,35)36)26(42)20-38-32(28)41(39-30)31(23-9-5-3-6-10-23)24-11-7-4-8-12-24/h3-14,19,21-22,26,29,31,38,42H,15-18,20H2,1-2H3/t26-,29+/m1/s1. The Bertz CT molecular complexity index is 1460. The van der Waals surface area contributed by atoms with Crippen LogP contribution >= 0.6 is 0 Å². The van der Waals surface area contributed by atoms with Gasteiger partial charge in [0.25, 0.3) is 0 Å². The van der Waals surface area contributed by atoms with E-state index in [-0.39, 0.29) is 24.1 Å². The Balaban J connectivity index is 1.38. The second-order valence-corrected chi connectivity index (χ2v) is 11.6. The van der Waals surface area contributed by atoms with Gasteiger partial charge in [-0.05, 0) is 49.9 Å². The number of anilines is 2. The average Bonchev–Trinajstić information content (AvgIpc) is 3.36. The van der Waals surface area contributed by atoms with E-state index in [4.69, 9.17) is 9.84 Å². The first-order valence-corrected chi connectivity index (χ1v) is 14.8. The van der Waals surface area contributed by atoms with Gasteiger partial charge < -0.3 is 20.1 Å². The number of nitrogens with one attached hydrogen (secondary N) is 1. The van der Waals surface area contributed by atoms with E-state index < -0.39 is 24.2 Å². The number of aliphatic hydroxyl groups is 1. The molecule has 2 aromatic carbocycles. The third-order valence-corrected chi connectivity index (χ3v) is 8.28. The minimum atomic E-state index is -4.63. The molecule has 2 aliphatic rings. The molecule has 2 aliphatic heterocycles. The Morgan fingerprint density at radius 1 is 0.930 bits per heavy atom. The largest absolute Gasteiger partial charge is 0.489 e.